The van der Waals surface area contributed by atoms with Crippen LogP contribution in [-0.4, -0.2) is 105 Å². The highest BCUT2D eigenvalue weighted by Crippen LogP contribution is 2.25. The number of hydroxylamine groups is 1. The number of para-hydroxylation sites is 1. The zero-order valence-electron chi connectivity index (χ0n) is 23.2. The molecule has 13 nitrogen and oxygen atoms in total. The number of nitrogens with one attached hydrogen (secondary N) is 1. The van der Waals surface area contributed by atoms with E-state index in [2.05, 4.69) is 5.32 Å². The smallest absolute Gasteiger partial charge is 0.407 e. The Balaban J connectivity index is 1.48. The Bertz CT molecular complexity index is 1120. The first-order chi connectivity index (χ1) is 20.2. The maximum absolute atomic E-state index is 13.2. The minimum Gasteiger partial charge on any atom is -0.465 e. The van der Waals surface area contributed by atoms with Gasteiger partial charge in [-0.2, -0.15) is 5.06 Å². The van der Waals surface area contributed by atoms with Crippen molar-refractivity contribution < 1.29 is 49.5 Å². The van der Waals surface area contributed by atoms with Crippen LogP contribution in [0.4, 0.5) is 10.5 Å². The molecule has 42 heavy (non-hydrogen) atoms. The fraction of sp³-hybridized carbons (Fsp3) is 0.483. The lowest BCUT2D eigenvalue weighted by Crippen LogP contribution is -2.60. The van der Waals surface area contributed by atoms with E-state index in [1.165, 1.54) is 0 Å². The van der Waals surface area contributed by atoms with Gasteiger partial charge in [0.1, 0.15) is 24.4 Å². The number of carbonyl (C=O) groups is 3. The summed E-state index contributed by atoms with van der Waals surface area (Å²) in [4.78, 5) is 43.8. The van der Waals surface area contributed by atoms with E-state index in [1.54, 1.807) is 54.6 Å². The van der Waals surface area contributed by atoms with Crippen LogP contribution in [0.15, 0.2) is 60.7 Å². The van der Waals surface area contributed by atoms with Crippen LogP contribution in [0.25, 0.3) is 0 Å². The number of nitrogens with zero attached hydrogens (tertiary/aromatic N) is 2. The third-order valence-corrected chi connectivity index (χ3v) is 6.82. The molecule has 1 heterocycles. The number of unbranched alkanes of at least 4 members (excludes halogenated alkanes) is 3. The molecular formula is C29H39N3O10. The standard InChI is InChI=1S/C29H39N3O10/c33-19-22-24(35)25(36)26(37)28(41-22)42-32(21-13-7-4-8-14-21)23(34)15-18-31(29(39)40)17-10-2-1-9-16-30-27(38)20-11-5-3-6-12-20/h3-8,11-14,22,24-26,28,33,35-37H,1-2,9-10,15-19H2,(H,30,38)(H,39,40). The van der Waals surface area contributed by atoms with Gasteiger partial charge in [0.15, 0.2) is 0 Å². The Morgan fingerprint density at radius 2 is 1.48 bits per heavy atom. The second kappa shape index (κ2) is 16.8. The van der Waals surface area contributed by atoms with Gasteiger partial charge in [0.25, 0.3) is 11.8 Å². The van der Waals surface area contributed by atoms with Crippen molar-refractivity contribution >= 4 is 23.6 Å². The van der Waals surface area contributed by atoms with Crippen LogP contribution in [0.1, 0.15) is 42.5 Å². The fourth-order valence-corrected chi connectivity index (χ4v) is 4.40. The van der Waals surface area contributed by atoms with Gasteiger partial charge in [-0.05, 0) is 37.1 Å². The Hall–Kier alpha value is -3.59. The monoisotopic (exact) mass is 589 g/mol. The van der Waals surface area contributed by atoms with Crippen LogP contribution in [-0.2, 0) is 14.4 Å². The highest BCUT2D eigenvalue weighted by atomic mass is 16.8. The molecule has 5 atom stereocenters. The minimum atomic E-state index is -1.73. The normalized spacial score (nSPS) is 21.9. The second-order valence-corrected chi connectivity index (χ2v) is 9.88. The van der Waals surface area contributed by atoms with Gasteiger partial charge in [-0.3, -0.25) is 9.59 Å². The molecule has 2 aromatic rings. The van der Waals surface area contributed by atoms with Gasteiger partial charge in [-0.15, -0.1) is 0 Å². The highest BCUT2D eigenvalue weighted by Gasteiger charge is 2.45. The predicted octanol–water partition coefficient (Wildman–Crippen LogP) is 1.11. The second-order valence-electron chi connectivity index (χ2n) is 9.88. The van der Waals surface area contributed by atoms with Gasteiger partial charge in [0.2, 0.25) is 6.29 Å². The van der Waals surface area contributed by atoms with Crippen LogP contribution < -0.4 is 10.4 Å². The molecule has 3 rings (SSSR count). The number of hydrogen-bond acceptors (Lipinski definition) is 9. The summed E-state index contributed by atoms with van der Waals surface area (Å²) in [5, 5.41) is 53.3. The van der Waals surface area contributed by atoms with Crippen molar-refractivity contribution in [2.24, 2.45) is 0 Å². The molecule has 1 saturated heterocycles. The lowest BCUT2D eigenvalue weighted by atomic mass is 9.99. The molecule has 0 spiro atoms. The third-order valence-electron chi connectivity index (χ3n) is 6.82. The summed E-state index contributed by atoms with van der Waals surface area (Å²) >= 11 is 0. The molecule has 0 aliphatic carbocycles. The lowest BCUT2D eigenvalue weighted by molar-refractivity contribution is -0.302. The van der Waals surface area contributed by atoms with Crippen LogP contribution in [0.2, 0.25) is 0 Å². The van der Waals surface area contributed by atoms with Crippen LogP contribution in [0.5, 0.6) is 0 Å². The first kappa shape index (κ1) is 32.9. The molecule has 1 fully saturated rings. The van der Waals surface area contributed by atoms with E-state index >= 15 is 0 Å². The molecule has 13 heteroatoms. The first-order valence-corrected chi connectivity index (χ1v) is 13.9. The van der Waals surface area contributed by atoms with Crippen molar-refractivity contribution in [2.45, 2.75) is 62.8 Å². The Kier molecular flexibility index (Phi) is 13.1. The summed E-state index contributed by atoms with van der Waals surface area (Å²) in [5.74, 6) is -0.782. The van der Waals surface area contributed by atoms with Crippen LogP contribution in [0, 0.1) is 0 Å². The first-order valence-electron chi connectivity index (χ1n) is 13.9. The molecule has 0 saturated carbocycles. The zero-order valence-corrected chi connectivity index (χ0v) is 23.2. The van der Waals surface area contributed by atoms with Gasteiger partial charge in [-0.1, -0.05) is 49.2 Å². The average molecular weight is 590 g/mol. The van der Waals surface area contributed by atoms with E-state index in [1.807, 2.05) is 6.07 Å². The molecule has 5 unspecified atom stereocenters. The number of carbonyl (C=O) groups excluding carboxylic acids is 2. The molecule has 6 N–H and O–H groups in total. The van der Waals surface area contributed by atoms with E-state index in [0.29, 0.717) is 18.5 Å². The number of aliphatic hydroxyl groups excluding tert-OH is 4. The van der Waals surface area contributed by atoms with E-state index in [0.717, 1.165) is 29.2 Å². The van der Waals surface area contributed by atoms with Crippen LogP contribution >= 0.6 is 0 Å². The number of benzene rings is 2. The van der Waals surface area contributed by atoms with Crippen molar-refractivity contribution in [1.82, 2.24) is 10.2 Å². The molecule has 0 radical (unpaired) electrons. The number of aliphatic hydroxyl groups is 4. The maximum Gasteiger partial charge on any atom is 0.407 e. The van der Waals surface area contributed by atoms with Gasteiger partial charge >= 0.3 is 6.09 Å². The van der Waals surface area contributed by atoms with E-state index in [9.17, 15) is 39.9 Å². The van der Waals surface area contributed by atoms with Gasteiger partial charge in [-0.25, -0.2) is 9.63 Å². The summed E-state index contributed by atoms with van der Waals surface area (Å²) in [7, 11) is 0. The highest BCUT2D eigenvalue weighted by molar-refractivity contribution is 5.94. The van der Waals surface area contributed by atoms with Gasteiger partial charge in [0, 0.05) is 31.6 Å². The zero-order chi connectivity index (χ0) is 30.5. The van der Waals surface area contributed by atoms with E-state index in [4.69, 9.17) is 9.57 Å². The predicted molar refractivity (Wildman–Crippen MR) is 150 cm³/mol. The number of ether oxygens (including phenoxy) is 1. The maximum atomic E-state index is 13.2. The molecule has 1 aliphatic heterocycles. The Labute approximate surface area is 243 Å². The molecule has 230 valence electrons. The largest absolute Gasteiger partial charge is 0.465 e. The van der Waals surface area contributed by atoms with Crippen molar-refractivity contribution in [3.05, 3.63) is 66.2 Å². The Morgan fingerprint density at radius 3 is 2.12 bits per heavy atom. The van der Waals surface area contributed by atoms with Crippen molar-refractivity contribution in [3.8, 4) is 0 Å². The molecule has 0 aromatic heterocycles. The number of anilines is 1. The third kappa shape index (κ3) is 9.48. The number of amides is 3. The SMILES string of the molecule is O=C(NCCCCCCN(CCC(=O)N(OC1OC(CO)C(O)C(O)C1O)c1ccccc1)C(=O)O)c1ccccc1. The summed E-state index contributed by atoms with van der Waals surface area (Å²) in [6, 6.07) is 17.0. The summed E-state index contributed by atoms with van der Waals surface area (Å²) in [5.41, 5.74) is 0.856. The molecule has 1 aliphatic rings. The number of carboxylic acid groups (broad SMARTS) is 1. The molecule has 3 amide bonds. The Morgan fingerprint density at radius 1 is 0.833 bits per heavy atom. The van der Waals surface area contributed by atoms with E-state index < -0.39 is 49.3 Å². The number of rotatable bonds is 15. The van der Waals surface area contributed by atoms with E-state index in [-0.39, 0.29) is 31.1 Å². The minimum absolute atomic E-state index is 0.122. The molecular weight excluding hydrogens is 550 g/mol. The van der Waals surface area contributed by atoms with Gasteiger partial charge in [0.05, 0.1) is 12.3 Å². The lowest BCUT2D eigenvalue weighted by Gasteiger charge is -2.40. The molecule has 0 bridgehead atoms. The topological polar surface area (TPSA) is 189 Å². The van der Waals surface area contributed by atoms with Crippen molar-refractivity contribution in [2.75, 3.05) is 31.3 Å². The average Bonchev–Trinajstić information content (AvgIpc) is 3.01. The molecule has 2 aromatic carbocycles. The van der Waals surface area contributed by atoms with Crippen molar-refractivity contribution in [3.63, 3.8) is 0 Å². The van der Waals surface area contributed by atoms with Gasteiger partial charge < -0.3 is 40.5 Å². The summed E-state index contributed by atoms with van der Waals surface area (Å²) in [6.07, 6.45) is -6.47. The number of hydrogen-bond donors (Lipinski definition) is 6. The summed E-state index contributed by atoms with van der Waals surface area (Å²) < 4.78 is 5.37. The quantitative estimate of drug-likeness (QED) is 0.130. The fourth-order valence-electron chi connectivity index (χ4n) is 4.40. The van der Waals surface area contributed by atoms with Crippen molar-refractivity contribution in [1.29, 1.82) is 0 Å². The van der Waals surface area contributed by atoms with Crippen LogP contribution in [0.3, 0.4) is 0 Å². The summed E-state index contributed by atoms with van der Waals surface area (Å²) in [6.45, 7) is -0.0742.